The Labute approximate surface area is 143 Å². The first kappa shape index (κ1) is 16.7. The minimum Gasteiger partial charge on any atom is -0.341 e. The number of imidazole rings is 1. The number of rotatable bonds is 5. The van der Waals surface area contributed by atoms with Crippen LogP contribution in [0.1, 0.15) is 24.2 Å². The lowest BCUT2D eigenvalue weighted by Gasteiger charge is -2.22. The molecule has 2 heterocycles. The van der Waals surface area contributed by atoms with Crippen molar-refractivity contribution >= 4 is 5.91 Å². The zero-order valence-corrected chi connectivity index (χ0v) is 14.4. The fraction of sp³-hybridized carbons (Fsp3) is 0.474. The van der Waals surface area contributed by atoms with Crippen LogP contribution in [0.25, 0.3) is 0 Å². The van der Waals surface area contributed by atoms with Gasteiger partial charge in [0, 0.05) is 52.0 Å². The lowest BCUT2D eigenvalue weighted by atomic mass is 10.1. The topological polar surface area (TPSA) is 41.4 Å². The average Bonchev–Trinajstić information content (AvgIpc) is 2.86. The Kier molecular flexibility index (Phi) is 5.64. The second-order valence-corrected chi connectivity index (χ2v) is 6.45. The molecule has 2 aromatic rings. The van der Waals surface area contributed by atoms with Crippen LogP contribution < -0.4 is 0 Å². The summed E-state index contributed by atoms with van der Waals surface area (Å²) in [7, 11) is 2.03. The lowest BCUT2D eigenvalue weighted by Crippen LogP contribution is -2.35. The van der Waals surface area contributed by atoms with Gasteiger partial charge in [0.05, 0.1) is 6.54 Å². The number of amides is 1. The molecule has 1 saturated heterocycles. The highest BCUT2D eigenvalue weighted by Crippen LogP contribution is 2.10. The van der Waals surface area contributed by atoms with Gasteiger partial charge >= 0.3 is 0 Å². The van der Waals surface area contributed by atoms with Gasteiger partial charge in [-0.3, -0.25) is 9.69 Å². The van der Waals surface area contributed by atoms with E-state index < -0.39 is 0 Å². The number of aromatic nitrogens is 2. The van der Waals surface area contributed by atoms with Crippen molar-refractivity contribution in [1.29, 1.82) is 0 Å². The summed E-state index contributed by atoms with van der Waals surface area (Å²) in [6, 6.07) is 10.2. The van der Waals surface area contributed by atoms with Crippen LogP contribution in [0, 0.1) is 0 Å². The van der Waals surface area contributed by atoms with Crippen LogP contribution in [-0.4, -0.2) is 51.4 Å². The molecule has 1 aliphatic heterocycles. The third-order valence-electron chi connectivity index (χ3n) is 4.70. The van der Waals surface area contributed by atoms with Crippen molar-refractivity contribution in [3.8, 4) is 0 Å². The summed E-state index contributed by atoms with van der Waals surface area (Å²) in [6.45, 7) is 4.48. The third kappa shape index (κ3) is 4.45. The first-order valence-electron chi connectivity index (χ1n) is 8.72. The quantitative estimate of drug-likeness (QED) is 0.845. The molecule has 1 fully saturated rings. The smallest absolute Gasteiger partial charge is 0.222 e. The van der Waals surface area contributed by atoms with E-state index >= 15 is 0 Å². The fourth-order valence-electron chi connectivity index (χ4n) is 3.18. The number of nitrogens with zero attached hydrogens (tertiary/aromatic N) is 4. The molecule has 0 aliphatic carbocycles. The highest BCUT2D eigenvalue weighted by atomic mass is 16.2. The van der Waals surface area contributed by atoms with Gasteiger partial charge in [0.2, 0.25) is 5.91 Å². The van der Waals surface area contributed by atoms with E-state index in [9.17, 15) is 4.79 Å². The first-order valence-corrected chi connectivity index (χ1v) is 8.72. The van der Waals surface area contributed by atoms with E-state index in [0.717, 1.165) is 51.4 Å². The molecule has 5 heteroatoms. The van der Waals surface area contributed by atoms with Crippen molar-refractivity contribution in [3.63, 3.8) is 0 Å². The minimum atomic E-state index is 0.276. The molecule has 3 rings (SSSR count). The maximum Gasteiger partial charge on any atom is 0.222 e. The molecular weight excluding hydrogens is 300 g/mol. The minimum absolute atomic E-state index is 0.276. The van der Waals surface area contributed by atoms with E-state index in [4.69, 9.17) is 0 Å². The Bertz CT molecular complexity index is 652. The molecule has 0 radical (unpaired) electrons. The summed E-state index contributed by atoms with van der Waals surface area (Å²) in [4.78, 5) is 21.3. The Balaban J connectivity index is 1.48. The summed E-state index contributed by atoms with van der Waals surface area (Å²) in [5.41, 5.74) is 1.23. The van der Waals surface area contributed by atoms with Crippen LogP contribution in [-0.2, 0) is 24.8 Å². The van der Waals surface area contributed by atoms with E-state index in [0.29, 0.717) is 6.42 Å². The maximum absolute atomic E-state index is 12.5. The van der Waals surface area contributed by atoms with E-state index in [2.05, 4.69) is 26.6 Å². The summed E-state index contributed by atoms with van der Waals surface area (Å²) >= 11 is 0. The molecule has 0 saturated carbocycles. The van der Waals surface area contributed by atoms with Crippen LogP contribution in [0.4, 0.5) is 0 Å². The largest absolute Gasteiger partial charge is 0.341 e. The van der Waals surface area contributed by atoms with Gasteiger partial charge in [0.15, 0.2) is 0 Å². The average molecular weight is 326 g/mol. The first-order chi connectivity index (χ1) is 11.7. The molecule has 1 amide bonds. The number of benzene rings is 1. The second kappa shape index (κ2) is 8.11. The lowest BCUT2D eigenvalue weighted by molar-refractivity contribution is -0.131. The molecular formula is C19H26N4O. The summed E-state index contributed by atoms with van der Waals surface area (Å²) < 4.78 is 2.06. The van der Waals surface area contributed by atoms with Crippen LogP contribution in [0.3, 0.4) is 0 Å². The Morgan fingerprint density at radius 3 is 2.71 bits per heavy atom. The van der Waals surface area contributed by atoms with E-state index in [-0.39, 0.29) is 5.91 Å². The zero-order valence-electron chi connectivity index (χ0n) is 14.4. The van der Waals surface area contributed by atoms with Crippen molar-refractivity contribution in [2.45, 2.75) is 25.8 Å². The molecule has 0 N–H and O–H groups in total. The molecule has 0 atom stereocenters. The Morgan fingerprint density at radius 2 is 1.96 bits per heavy atom. The number of hydrogen-bond donors (Lipinski definition) is 0. The SMILES string of the molecule is Cn1ccnc1CN1CCCN(C(=O)CCc2ccccc2)CC1. The van der Waals surface area contributed by atoms with Crippen molar-refractivity contribution in [2.75, 3.05) is 26.2 Å². The van der Waals surface area contributed by atoms with Crippen molar-refractivity contribution in [1.82, 2.24) is 19.4 Å². The predicted molar refractivity (Wildman–Crippen MR) is 94.4 cm³/mol. The van der Waals surface area contributed by atoms with Gasteiger partial charge in [0.25, 0.3) is 0 Å². The van der Waals surface area contributed by atoms with Gasteiger partial charge in [0.1, 0.15) is 5.82 Å². The molecule has 1 aliphatic rings. The van der Waals surface area contributed by atoms with Gasteiger partial charge in [-0.1, -0.05) is 30.3 Å². The van der Waals surface area contributed by atoms with Crippen LogP contribution in [0.5, 0.6) is 0 Å². The monoisotopic (exact) mass is 326 g/mol. The van der Waals surface area contributed by atoms with Gasteiger partial charge in [-0.25, -0.2) is 4.98 Å². The molecule has 128 valence electrons. The molecule has 0 unspecified atom stereocenters. The molecule has 24 heavy (non-hydrogen) atoms. The van der Waals surface area contributed by atoms with Gasteiger partial charge in [-0.15, -0.1) is 0 Å². The highest BCUT2D eigenvalue weighted by molar-refractivity contribution is 5.76. The van der Waals surface area contributed by atoms with Crippen molar-refractivity contribution in [2.24, 2.45) is 7.05 Å². The normalized spacial score (nSPS) is 16.1. The van der Waals surface area contributed by atoms with Gasteiger partial charge in [-0.05, 0) is 18.4 Å². The van der Waals surface area contributed by atoms with Crippen molar-refractivity contribution in [3.05, 3.63) is 54.1 Å². The second-order valence-electron chi connectivity index (χ2n) is 6.45. The van der Waals surface area contributed by atoms with Crippen molar-refractivity contribution < 1.29 is 4.79 Å². The predicted octanol–water partition coefficient (Wildman–Crippen LogP) is 2.09. The van der Waals surface area contributed by atoms with Crippen LogP contribution >= 0.6 is 0 Å². The molecule has 0 spiro atoms. The Hall–Kier alpha value is -2.14. The summed E-state index contributed by atoms with van der Waals surface area (Å²) in [6.07, 6.45) is 6.27. The zero-order chi connectivity index (χ0) is 16.8. The number of carbonyl (C=O) groups is 1. The summed E-state index contributed by atoms with van der Waals surface area (Å²) in [5.74, 6) is 1.36. The van der Waals surface area contributed by atoms with E-state index in [1.54, 1.807) is 0 Å². The molecule has 5 nitrogen and oxygen atoms in total. The van der Waals surface area contributed by atoms with Gasteiger partial charge in [-0.2, -0.15) is 0 Å². The van der Waals surface area contributed by atoms with Crippen LogP contribution in [0.15, 0.2) is 42.7 Å². The highest BCUT2D eigenvalue weighted by Gasteiger charge is 2.19. The maximum atomic E-state index is 12.5. The van der Waals surface area contributed by atoms with E-state index in [1.165, 1.54) is 5.56 Å². The fourth-order valence-corrected chi connectivity index (χ4v) is 3.18. The number of hydrogen-bond acceptors (Lipinski definition) is 3. The molecule has 1 aromatic heterocycles. The molecule has 1 aromatic carbocycles. The number of aryl methyl sites for hydroxylation is 2. The number of carbonyl (C=O) groups excluding carboxylic acids is 1. The van der Waals surface area contributed by atoms with E-state index in [1.807, 2.05) is 42.5 Å². The Morgan fingerprint density at radius 1 is 1.12 bits per heavy atom. The molecule has 0 bridgehead atoms. The summed E-state index contributed by atoms with van der Waals surface area (Å²) in [5, 5.41) is 0. The van der Waals surface area contributed by atoms with Crippen LogP contribution in [0.2, 0.25) is 0 Å². The van der Waals surface area contributed by atoms with Gasteiger partial charge < -0.3 is 9.47 Å². The standard InChI is InChI=1S/C19H26N4O/c1-21-13-10-20-18(21)16-22-11-5-12-23(15-14-22)19(24)9-8-17-6-3-2-4-7-17/h2-4,6-7,10,13H,5,8-9,11-12,14-16H2,1H3. The third-order valence-corrected chi connectivity index (χ3v) is 4.70.